The van der Waals surface area contributed by atoms with Gasteiger partial charge in [-0.25, -0.2) is 14.5 Å². The number of rotatable bonds is 6. The molecule has 1 atom stereocenters. The van der Waals surface area contributed by atoms with E-state index in [0.717, 1.165) is 0 Å². The van der Waals surface area contributed by atoms with Gasteiger partial charge in [-0.3, -0.25) is 0 Å². The van der Waals surface area contributed by atoms with E-state index >= 15 is 0 Å². The summed E-state index contributed by atoms with van der Waals surface area (Å²) in [6, 6.07) is 15.9. The van der Waals surface area contributed by atoms with Crippen LogP contribution in [0.25, 0.3) is 0 Å². The molecule has 2 aromatic carbocycles. The summed E-state index contributed by atoms with van der Waals surface area (Å²) in [5.74, 6) is 0.503. The number of benzene rings is 2. The van der Waals surface area contributed by atoms with Crippen molar-refractivity contribution in [3.63, 3.8) is 0 Å². The average molecular weight is 339 g/mol. The minimum atomic E-state index is -1.88. The Morgan fingerprint density at radius 1 is 1.12 bits per heavy atom. The fourth-order valence-corrected chi connectivity index (χ4v) is 2.41. The molecular weight excluding hydrogens is 322 g/mol. The maximum Gasteiger partial charge on any atom is 0.344 e. The standard InChI is InChI=1S/C18H17N3O4/c1-24-17(22)18(23,11-21-13-19-12-20-21)14-7-9-16(10-8-14)25-15-5-3-2-4-6-15/h2-10,12-13,23H,11H2,1H3. The van der Waals surface area contributed by atoms with Crippen molar-refractivity contribution < 1.29 is 19.4 Å². The van der Waals surface area contributed by atoms with Gasteiger partial charge in [0.15, 0.2) is 0 Å². The number of hydrogen-bond acceptors (Lipinski definition) is 6. The van der Waals surface area contributed by atoms with Crippen molar-refractivity contribution >= 4 is 5.97 Å². The number of aromatic nitrogens is 3. The Hall–Kier alpha value is -3.19. The molecule has 0 aliphatic heterocycles. The molecule has 1 N–H and O–H groups in total. The number of carbonyl (C=O) groups is 1. The molecule has 0 aliphatic carbocycles. The Bertz CT molecular complexity index is 819. The molecule has 128 valence electrons. The average Bonchev–Trinajstić information content (AvgIpc) is 3.15. The molecule has 3 rings (SSSR count). The van der Waals surface area contributed by atoms with E-state index in [1.807, 2.05) is 30.3 Å². The smallest absolute Gasteiger partial charge is 0.344 e. The molecule has 1 unspecified atom stereocenters. The van der Waals surface area contributed by atoms with Gasteiger partial charge in [-0.05, 0) is 29.8 Å². The Kier molecular flexibility index (Phi) is 4.76. The van der Waals surface area contributed by atoms with E-state index in [4.69, 9.17) is 9.47 Å². The lowest BCUT2D eigenvalue weighted by atomic mass is 9.93. The Balaban J connectivity index is 1.85. The first-order chi connectivity index (χ1) is 12.1. The summed E-state index contributed by atoms with van der Waals surface area (Å²) in [4.78, 5) is 16.0. The van der Waals surface area contributed by atoms with Crippen molar-refractivity contribution in [2.24, 2.45) is 0 Å². The van der Waals surface area contributed by atoms with Crippen LogP contribution in [0.4, 0.5) is 0 Å². The van der Waals surface area contributed by atoms with Crippen LogP contribution in [-0.4, -0.2) is 33.0 Å². The Morgan fingerprint density at radius 2 is 1.80 bits per heavy atom. The fraction of sp³-hybridized carbons (Fsp3) is 0.167. The highest BCUT2D eigenvalue weighted by Crippen LogP contribution is 2.28. The summed E-state index contributed by atoms with van der Waals surface area (Å²) in [6.45, 7) is -0.113. The first-order valence-electron chi connectivity index (χ1n) is 7.58. The van der Waals surface area contributed by atoms with Crippen LogP contribution in [0.5, 0.6) is 11.5 Å². The monoisotopic (exact) mass is 339 g/mol. The number of methoxy groups -OCH3 is 1. The van der Waals surface area contributed by atoms with Gasteiger partial charge in [0.1, 0.15) is 24.2 Å². The van der Waals surface area contributed by atoms with Crippen LogP contribution >= 0.6 is 0 Å². The van der Waals surface area contributed by atoms with Gasteiger partial charge in [0.05, 0.1) is 13.7 Å². The molecular formula is C18H17N3O4. The summed E-state index contributed by atoms with van der Waals surface area (Å²) in [7, 11) is 1.22. The molecule has 0 radical (unpaired) electrons. The second-order valence-electron chi connectivity index (χ2n) is 5.38. The molecule has 1 aromatic heterocycles. The quantitative estimate of drug-likeness (QED) is 0.692. The van der Waals surface area contributed by atoms with E-state index in [2.05, 4.69) is 10.1 Å². The summed E-state index contributed by atoms with van der Waals surface area (Å²) in [5.41, 5.74) is -1.51. The number of esters is 1. The lowest BCUT2D eigenvalue weighted by molar-refractivity contribution is -0.165. The zero-order chi connectivity index (χ0) is 17.7. The van der Waals surface area contributed by atoms with Crippen LogP contribution in [0.15, 0.2) is 67.3 Å². The number of ether oxygens (including phenoxy) is 2. The van der Waals surface area contributed by atoms with Crippen LogP contribution in [0.3, 0.4) is 0 Å². The van der Waals surface area contributed by atoms with Gasteiger partial charge in [-0.2, -0.15) is 5.10 Å². The highest BCUT2D eigenvalue weighted by Gasteiger charge is 2.40. The molecule has 0 saturated heterocycles. The Labute approximate surface area is 144 Å². The molecule has 0 fully saturated rings. The van der Waals surface area contributed by atoms with Gasteiger partial charge in [-0.15, -0.1) is 0 Å². The van der Waals surface area contributed by atoms with Crippen molar-refractivity contribution in [1.82, 2.24) is 14.8 Å². The Morgan fingerprint density at radius 3 is 2.40 bits per heavy atom. The van der Waals surface area contributed by atoms with E-state index in [9.17, 15) is 9.90 Å². The van der Waals surface area contributed by atoms with Gasteiger partial charge in [0.2, 0.25) is 5.60 Å². The van der Waals surface area contributed by atoms with Crippen LogP contribution in [0.1, 0.15) is 5.56 Å². The third kappa shape index (κ3) is 3.67. The highest BCUT2D eigenvalue weighted by atomic mass is 16.5. The zero-order valence-electron chi connectivity index (χ0n) is 13.6. The number of para-hydroxylation sites is 1. The van der Waals surface area contributed by atoms with Crippen LogP contribution in [0.2, 0.25) is 0 Å². The maximum atomic E-state index is 12.2. The number of hydrogen-bond donors (Lipinski definition) is 1. The SMILES string of the molecule is COC(=O)C(O)(Cn1cncn1)c1ccc(Oc2ccccc2)cc1. The highest BCUT2D eigenvalue weighted by molar-refractivity contribution is 5.81. The van der Waals surface area contributed by atoms with Crippen LogP contribution in [-0.2, 0) is 21.7 Å². The molecule has 25 heavy (non-hydrogen) atoms. The van der Waals surface area contributed by atoms with Gasteiger partial charge < -0.3 is 14.6 Å². The normalized spacial score (nSPS) is 13.0. The zero-order valence-corrected chi connectivity index (χ0v) is 13.6. The molecule has 0 bridgehead atoms. The predicted molar refractivity (Wildman–Crippen MR) is 88.9 cm³/mol. The first kappa shape index (κ1) is 16.7. The predicted octanol–water partition coefficient (Wildman–Crippen LogP) is 2.13. The summed E-state index contributed by atoms with van der Waals surface area (Å²) in [6.07, 6.45) is 2.75. The molecule has 0 spiro atoms. The lowest BCUT2D eigenvalue weighted by Gasteiger charge is -2.25. The van der Waals surface area contributed by atoms with Gasteiger partial charge in [0.25, 0.3) is 0 Å². The second-order valence-corrected chi connectivity index (χ2v) is 5.38. The van der Waals surface area contributed by atoms with Gasteiger partial charge in [0, 0.05) is 0 Å². The molecule has 7 heteroatoms. The molecule has 3 aromatic rings. The second kappa shape index (κ2) is 7.14. The minimum Gasteiger partial charge on any atom is -0.467 e. The number of aliphatic hydroxyl groups is 1. The van der Waals surface area contributed by atoms with Crippen molar-refractivity contribution in [3.8, 4) is 11.5 Å². The van der Waals surface area contributed by atoms with E-state index in [1.54, 1.807) is 24.3 Å². The van der Waals surface area contributed by atoms with Crippen molar-refractivity contribution in [2.75, 3.05) is 7.11 Å². The molecule has 0 amide bonds. The van der Waals surface area contributed by atoms with E-state index < -0.39 is 11.6 Å². The van der Waals surface area contributed by atoms with Gasteiger partial charge in [-0.1, -0.05) is 30.3 Å². The van der Waals surface area contributed by atoms with E-state index in [-0.39, 0.29) is 6.54 Å². The maximum absolute atomic E-state index is 12.2. The van der Waals surface area contributed by atoms with Gasteiger partial charge >= 0.3 is 5.97 Å². The molecule has 0 aliphatic rings. The third-order valence-electron chi connectivity index (χ3n) is 3.69. The van der Waals surface area contributed by atoms with Crippen LogP contribution < -0.4 is 4.74 Å². The van der Waals surface area contributed by atoms with Crippen molar-refractivity contribution in [2.45, 2.75) is 12.1 Å². The lowest BCUT2D eigenvalue weighted by Crippen LogP contribution is -2.41. The first-order valence-corrected chi connectivity index (χ1v) is 7.58. The van der Waals surface area contributed by atoms with Crippen molar-refractivity contribution in [3.05, 3.63) is 72.8 Å². The summed E-state index contributed by atoms with van der Waals surface area (Å²) in [5, 5.41) is 14.8. The van der Waals surface area contributed by atoms with E-state index in [0.29, 0.717) is 17.1 Å². The molecule has 0 saturated carbocycles. The third-order valence-corrected chi connectivity index (χ3v) is 3.69. The van der Waals surface area contributed by atoms with E-state index in [1.165, 1.54) is 24.4 Å². The number of carbonyl (C=O) groups excluding carboxylic acids is 1. The van der Waals surface area contributed by atoms with Crippen molar-refractivity contribution in [1.29, 1.82) is 0 Å². The topological polar surface area (TPSA) is 86.5 Å². The summed E-state index contributed by atoms with van der Waals surface area (Å²) >= 11 is 0. The van der Waals surface area contributed by atoms with Crippen LogP contribution in [0, 0.1) is 0 Å². The minimum absolute atomic E-state index is 0.113. The molecule has 7 nitrogen and oxygen atoms in total. The number of nitrogens with zero attached hydrogens (tertiary/aromatic N) is 3. The molecule has 1 heterocycles. The largest absolute Gasteiger partial charge is 0.467 e. The summed E-state index contributed by atoms with van der Waals surface area (Å²) < 4.78 is 11.8. The fourth-order valence-electron chi connectivity index (χ4n) is 2.41.